The van der Waals surface area contributed by atoms with Crippen LogP contribution in [0.2, 0.25) is 0 Å². The third kappa shape index (κ3) is 5.42. The van der Waals surface area contributed by atoms with Crippen LogP contribution in [0.4, 0.5) is 18.9 Å². The summed E-state index contributed by atoms with van der Waals surface area (Å²) in [7, 11) is -8.50. The molecule has 36 heavy (non-hydrogen) atoms. The van der Waals surface area contributed by atoms with Crippen molar-refractivity contribution in [3.05, 3.63) is 30.6 Å². The summed E-state index contributed by atoms with van der Waals surface area (Å²) in [4.78, 5) is 11.8. The SMILES string of the molecule is Nc1cnccc1-c1ccc(S(=O)(=O)C2CNC2)c(S(N)(=O)=O)c1-c1nn[nH]n1.O=C(O)C(F)(F)F. The van der Waals surface area contributed by atoms with Crippen LogP contribution >= 0.6 is 0 Å². The second-order valence-electron chi connectivity index (χ2n) is 7.19. The van der Waals surface area contributed by atoms with Crippen LogP contribution in [0.1, 0.15) is 0 Å². The highest BCUT2D eigenvalue weighted by atomic mass is 32.2. The Hall–Kier alpha value is -3.68. The van der Waals surface area contributed by atoms with Gasteiger partial charge in [-0.15, -0.1) is 10.2 Å². The van der Waals surface area contributed by atoms with Crippen LogP contribution in [-0.4, -0.2) is 78.0 Å². The van der Waals surface area contributed by atoms with Crippen molar-refractivity contribution in [3.8, 4) is 22.5 Å². The van der Waals surface area contributed by atoms with E-state index in [2.05, 4.69) is 30.9 Å². The number of rotatable bonds is 5. The number of hydrogen-bond donors (Lipinski definition) is 5. The van der Waals surface area contributed by atoms with E-state index in [1.807, 2.05) is 0 Å². The summed E-state index contributed by atoms with van der Waals surface area (Å²) in [5.41, 5.74) is 6.84. The average Bonchev–Trinajstić information content (AvgIpc) is 3.25. The van der Waals surface area contributed by atoms with Crippen molar-refractivity contribution in [1.82, 2.24) is 30.9 Å². The van der Waals surface area contributed by atoms with Crippen molar-refractivity contribution in [2.75, 3.05) is 18.8 Å². The van der Waals surface area contributed by atoms with Gasteiger partial charge in [-0.1, -0.05) is 6.07 Å². The second kappa shape index (κ2) is 9.76. The van der Waals surface area contributed by atoms with E-state index in [1.165, 1.54) is 24.5 Å². The molecule has 1 aliphatic rings. The summed E-state index contributed by atoms with van der Waals surface area (Å²) >= 11 is 0. The zero-order valence-corrected chi connectivity index (χ0v) is 19.4. The number of nitrogens with one attached hydrogen (secondary N) is 2. The van der Waals surface area contributed by atoms with Gasteiger partial charge in [0.25, 0.3) is 0 Å². The fraction of sp³-hybridized carbons (Fsp3) is 0.235. The fourth-order valence-electron chi connectivity index (χ4n) is 3.10. The number of aromatic amines is 1. The third-order valence-corrected chi connectivity index (χ3v) is 8.14. The molecule has 0 amide bonds. The number of pyridine rings is 1. The van der Waals surface area contributed by atoms with E-state index in [4.69, 9.17) is 20.8 Å². The summed E-state index contributed by atoms with van der Waals surface area (Å²) < 4.78 is 83.0. The van der Waals surface area contributed by atoms with Crippen LogP contribution in [0.15, 0.2) is 40.4 Å². The van der Waals surface area contributed by atoms with Gasteiger partial charge in [0.15, 0.2) is 9.84 Å². The van der Waals surface area contributed by atoms with Crippen LogP contribution < -0.4 is 16.2 Å². The zero-order chi connectivity index (χ0) is 26.9. The quantitative estimate of drug-likeness (QED) is 0.271. The van der Waals surface area contributed by atoms with Crippen molar-refractivity contribution < 1.29 is 39.9 Å². The molecule has 194 valence electrons. The number of aliphatic carboxylic acids is 1. The van der Waals surface area contributed by atoms with Gasteiger partial charge in [-0.3, -0.25) is 4.98 Å². The van der Waals surface area contributed by atoms with E-state index < -0.39 is 47.0 Å². The van der Waals surface area contributed by atoms with Crippen LogP contribution in [0.25, 0.3) is 22.5 Å². The number of aromatic nitrogens is 5. The van der Waals surface area contributed by atoms with E-state index in [0.717, 1.165) is 0 Å². The van der Waals surface area contributed by atoms with Crippen LogP contribution in [-0.2, 0) is 24.7 Å². The van der Waals surface area contributed by atoms with E-state index in [1.54, 1.807) is 6.07 Å². The first-order valence-electron chi connectivity index (χ1n) is 9.54. The topological polar surface area (TPSA) is 237 Å². The first kappa shape index (κ1) is 26.9. The number of carboxylic acid groups (broad SMARTS) is 1. The number of primary sulfonamides is 1. The number of tetrazole rings is 1. The number of nitrogen functional groups attached to an aromatic ring is 1. The molecule has 1 fully saturated rings. The van der Waals surface area contributed by atoms with Gasteiger partial charge in [-0.25, -0.2) is 26.8 Å². The molecule has 0 aliphatic carbocycles. The molecule has 1 aromatic carbocycles. The molecule has 3 heterocycles. The molecule has 0 spiro atoms. The van der Waals surface area contributed by atoms with E-state index in [-0.39, 0.29) is 35.7 Å². The lowest BCUT2D eigenvalue weighted by Gasteiger charge is -2.28. The second-order valence-corrected chi connectivity index (χ2v) is 10.9. The maximum absolute atomic E-state index is 13.1. The number of hydrogen-bond acceptors (Lipinski definition) is 11. The number of alkyl halides is 3. The summed E-state index contributed by atoms with van der Waals surface area (Å²) in [6, 6.07) is 4.22. The molecular formula is C17H17F3N8O6S2. The Morgan fingerprint density at radius 1 is 1.11 bits per heavy atom. The molecule has 14 nitrogen and oxygen atoms in total. The Morgan fingerprint density at radius 3 is 2.19 bits per heavy atom. The van der Waals surface area contributed by atoms with Crippen molar-refractivity contribution in [2.24, 2.45) is 5.14 Å². The lowest BCUT2D eigenvalue weighted by atomic mass is 9.99. The lowest BCUT2D eigenvalue weighted by Crippen LogP contribution is -2.51. The van der Waals surface area contributed by atoms with Gasteiger partial charge < -0.3 is 16.2 Å². The molecule has 2 aromatic heterocycles. The maximum atomic E-state index is 13.1. The predicted molar refractivity (Wildman–Crippen MR) is 116 cm³/mol. The van der Waals surface area contributed by atoms with E-state index in [0.29, 0.717) is 5.56 Å². The van der Waals surface area contributed by atoms with Crippen molar-refractivity contribution in [1.29, 1.82) is 0 Å². The monoisotopic (exact) mass is 550 g/mol. The minimum absolute atomic E-state index is 0.104. The molecule has 0 bridgehead atoms. The number of halogens is 3. The number of benzene rings is 1. The van der Waals surface area contributed by atoms with Gasteiger partial charge >= 0.3 is 12.1 Å². The Morgan fingerprint density at radius 2 is 1.75 bits per heavy atom. The maximum Gasteiger partial charge on any atom is 0.490 e. The smallest absolute Gasteiger partial charge is 0.475 e. The number of anilines is 1. The molecule has 3 aromatic rings. The van der Waals surface area contributed by atoms with Gasteiger partial charge in [-0.05, 0) is 22.9 Å². The third-order valence-electron chi connectivity index (χ3n) is 4.85. The molecule has 1 aliphatic heterocycles. The average molecular weight is 551 g/mol. The molecule has 0 radical (unpaired) electrons. The van der Waals surface area contributed by atoms with Gasteiger partial charge in [0.2, 0.25) is 15.8 Å². The largest absolute Gasteiger partial charge is 0.490 e. The number of carboxylic acids is 1. The lowest BCUT2D eigenvalue weighted by molar-refractivity contribution is -0.192. The number of nitrogens with two attached hydrogens (primary N) is 2. The molecule has 1 saturated heterocycles. The number of sulfone groups is 1. The van der Waals surface area contributed by atoms with E-state index in [9.17, 15) is 30.0 Å². The summed E-state index contributed by atoms with van der Waals surface area (Å²) in [6.45, 7) is 0.423. The number of H-pyrrole nitrogens is 1. The zero-order valence-electron chi connectivity index (χ0n) is 17.8. The number of sulfonamides is 1. The van der Waals surface area contributed by atoms with Gasteiger partial charge in [-0.2, -0.15) is 18.4 Å². The first-order chi connectivity index (χ1) is 16.7. The van der Waals surface area contributed by atoms with Crippen molar-refractivity contribution in [2.45, 2.75) is 21.2 Å². The Bertz CT molecular complexity index is 1490. The molecule has 0 saturated carbocycles. The number of carbonyl (C=O) groups is 1. The molecule has 19 heteroatoms. The van der Waals surface area contributed by atoms with E-state index >= 15 is 0 Å². The minimum atomic E-state index is -5.08. The minimum Gasteiger partial charge on any atom is -0.475 e. The van der Waals surface area contributed by atoms with Gasteiger partial charge in [0.05, 0.1) is 27.6 Å². The Kier molecular flexibility index (Phi) is 7.30. The Balaban J connectivity index is 0.000000454. The molecule has 0 unspecified atom stereocenters. The molecule has 4 rings (SSSR count). The highest BCUT2D eigenvalue weighted by molar-refractivity contribution is 7.94. The highest BCUT2D eigenvalue weighted by Gasteiger charge is 2.39. The number of nitrogens with zero attached hydrogens (tertiary/aromatic N) is 4. The standard InChI is InChI=1S/C15H16N8O4S2.C2HF3O2/c16-11-7-18-4-3-9(11)10-1-2-12(28(24,25)8-5-19-6-8)14(29(17,26)27)13(10)15-20-22-23-21-15;3-2(4,5)1(6)7/h1-4,7-8,19H,5-6,16H2,(H2,17,26,27)(H,20,21,22,23);(H,6,7). The fourth-order valence-corrected chi connectivity index (χ4v) is 6.28. The van der Waals surface area contributed by atoms with Crippen molar-refractivity contribution in [3.63, 3.8) is 0 Å². The summed E-state index contributed by atoms with van der Waals surface area (Å²) in [5.74, 6) is -2.89. The van der Waals surface area contributed by atoms with Crippen LogP contribution in [0, 0.1) is 0 Å². The predicted octanol–water partition coefficient (Wildman–Crippen LogP) is -0.463. The molecular weight excluding hydrogens is 533 g/mol. The van der Waals surface area contributed by atoms with Crippen molar-refractivity contribution >= 4 is 31.5 Å². The first-order valence-corrected chi connectivity index (χ1v) is 12.6. The molecule has 0 atom stereocenters. The normalized spacial score (nSPS) is 14.4. The summed E-state index contributed by atoms with van der Waals surface area (Å²) in [6.07, 6.45) is -2.23. The van der Waals surface area contributed by atoms with Gasteiger partial charge in [0.1, 0.15) is 4.90 Å². The summed E-state index contributed by atoms with van der Waals surface area (Å²) in [5, 5.41) is 28.1. The Labute approximate surface area is 200 Å². The van der Waals surface area contributed by atoms with Crippen LogP contribution in [0.5, 0.6) is 0 Å². The van der Waals surface area contributed by atoms with Gasteiger partial charge in [0, 0.05) is 24.8 Å². The highest BCUT2D eigenvalue weighted by Crippen LogP contribution is 2.41. The van der Waals surface area contributed by atoms with Crippen LogP contribution in [0.3, 0.4) is 0 Å². The molecule has 7 N–H and O–H groups in total.